The molecule has 1 N–H and O–H groups in total. The van der Waals surface area contributed by atoms with Crippen LogP contribution >= 0.6 is 0 Å². The van der Waals surface area contributed by atoms with Crippen molar-refractivity contribution in [1.82, 2.24) is 10.2 Å². The maximum atomic E-state index is 5.36. The standard InChI is InChI=1S/C12H22N2/c1-3-8-14(9-4-2)11-12-6-5-7-13-10-12/h1,12-13H,4-11H2,2H3. The lowest BCUT2D eigenvalue weighted by atomic mass is 9.99. The summed E-state index contributed by atoms with van der Waals surface area (Å²) in [4.78, 5) is 2.40. The van der Waals surface area contributed by atoms with Crippen LogP contribution in [0.25, 0.3) is 0 Å². The zero-order valence-corrected chi connectivity index (χ0v) is 9.26. The van der Waals surface area contributed by atoms with Gasteiger partial charge in [-0.05, 0) is 44.8 Å². The molecule has 1 heterocycles. The molecule has 80 valence electrons. The maximum absolute atomic E-state index is 5.36. The normalized spacial score (nSPS) is 22.2. The van der Waals surface area contributed by atoms with Crippen LogP contribution in [-0.4, -0.2) is 37.6 Å². The van der Waals surface area contributed by atoms with E-state index in [0.29, 0.717) is 0 Å². The molecule has 1 aliphatic heterocycles. The van der Waals surface area contributed by atoms with E-state index in [0.717, 1.165) is 19.0 Å². The third-order valence-electron chi connectivity index (χ3n) is 2.77. The average Bonchev–Trinajstić information content (AvgIpc) is 2.20. The fraction of sp³-hybridized carbons (Fsp3) is 0.833. The second-order valence-corrected chi connectivity index (χ2v) is 4.15. The van der Waals surface area contributed by atoms with Gasteiger partial charge in [0.05, 0.1) is 6.54 Å². The highest BCUT2D eigenvalue weighted by Gasteiger charge is 2.15. The Hall–Kier alpha value is -0.520. The van der Waals surface area contributed by atoms with Gasteiger partial charge < -0.3 is 5.32 Å². The van der Waals surface area contributed by atoms with Crippen LogP contribution < -0.4 is 5.32 Å². The van der Waals surface area contributed by atoms with E-state index in [1.165, 1.54) is 38.9 Å². The molecule has 0 saturated carbocycles. The predicted octanol–water partition coefficient (Wildman–Crippen LogP) is 1.33. The number of terminal acetylenes is 1. The van der Waals surface area contributed by atoms with Gasteiger partial charge in [0.25, 0.3) is 0 Å². The molecule has 1 unspecified atom stereocenters. The molecule has 1 rings (SSSR count). The molecule has 0 spiro atoms. The van der Waals surface area contributed by atoms with Crippen LogP contribution in [0.2, 0.25) is 0 Å². The van der Waals surface area contributed by atoms with Crippen molar-refractivity contribution in [1.29, 1.82) is 0 Å². The summed E-state index contributed by atoms with van der Waals surface area (Å²) in [5.74, 6) is 3.56. The molecule has 0 bridgehead atoms. The van der Waals surface area contributed by atoms with Gasteiger partial charge in [-0.3, -0.25) is 4.90 Å². The summed E-state index contributed by atoms with van der Waals surface area (Å²) in [6.45, 7) is 7.70. The molecule has 0 aromatic carbocycles. The van der Waals surface area contributed by atoms with Crippen molar-refractivity contribution in [2.24, 2.45) is 5.92 Å². The van der Waals surface area contributed by atoms with Gasteiger partial charge in [0.15, 0.2) is 0 Å². The summed E-state index contributed by atoms with van der Waals surface area (Å²) < 4.78 is 0. The lowest BCUT2D eigenvalue weighted by molar-refractivity contribution is 0.228. The molecule has 1 aliphatic rings. The molecule has 0 aromatic rings. The summed E-state index contributed by atoms with van der Waals surface area (Å²) >= 11 is 0. The van der Waals surface area contributed by atoms with Crippen LogP contribution in [-0.2, 0) is 0 Å². The van der Waals surface area contributed by atoms with Gasteiger partial charge in [-0.2, -0.15) is 0 Å². The molecule has 0 amide bonds. The molecule has 1 saturated heterocycles. The first kappa shape index (κ1) is 11.6. The topological polar surface area (TPSA) is 15.3 Å². The first-order valence-corrected chi connectivity index (χ1v) is 5.73. The van der Waals surface area contributed by atoms with Crippen molar-refractivity contribution in [3.63, 3.8) is 0 Å². The predicted molar refractivity (Wildman–Crippen MR) is 61.2 cm³/mol. The summed E-state index contributed by atoms with van der Waals surface area (Å²) in [5, 5.41) is 3.45. The second kappa shape index (κ2) is 6.86. The Balaban J connectivity index is 2.26. The molecule has 0 aromatic heterocycles. The zero-order chi connectivity index (χ0) is 10.2. The first-order valence-electron chi connectivity index (χ1n) is 5.73. The smallest absolute Gasteiger partial charge is 0.0599 e. The Kier molecular flexibility index (Phi) is 5.66. The lowest BCUT2D eigenvalue weighted by Gasteiger charge is -2.28. The highest BCUT2D eigenvalue weighted by atomic mass is 15.1. The van der Waals surface area contributed by atoms with Crippen LogP contribution in [0, 0.1) is 18.3 Å². The Labute approximate surface area is 88.1 Å². The van der Waals surface area contributed by atoms with E-state index in [4.69, 9.17) is 6.42 Å². The van der Waals surface area contributed by atoms with Gasteiger partial charge >= 0.3 is 0 Å². The number of nitrogens with zero attached hydrogens (tertiary/aromatic N) is 1. The van der Waals surface area contributed by atoms with Gasteiger partial charge in [-0.1, -0.05) is 12.8 Å². The molecular formula is C12H22N2. The van der Waals surface area contributed by atoms with Crippen molar-refractivity contribution in [2.75, 3.05) is 32.7 Å². The van der Waals surface area contributed by atoms with E-state index >= 15 is 0 Å². The maximum Gasteiger partial charge on any atom is 0.0599 e. The minimum atomic E-state index is 0.809. The van der Waals surface area contributed by atoms with Crippen molar-refractivity contribution in [2.45, 2.75) is 26.2 Å². The van der Waals surface area contributed by atoms with E-state index in [1.807, 2.05) is 0 Å². The molecule has 2 heteroatoms. The van der Waals surface area contributed by atoms with Crippen molar-refractivity contribution < 1.29 is 0 Å². The monoisotopic (exact) mass is 194 g/mol. The summed E-state index contributed by atoms with van der Waals surface area (Å²) in [6.07, 6.45) is 9.23. The molecule has 1 fully saturated rings. The van der Waals surface area contributed by atoms with E-state index in [1.54, 1.807) is 0 Å². The Bertz CT molecular complexity index is 177. The Morgan fingerprint density at radius 3 is 3.00 bits per heavy atom. The lowest BCUT2D eigenvalue weighted by Crippen LogP contribution is -2.38. The van der Waals surface area contributed by atoms with Crippen molar-refractivity contribution >= 4 is 0 Å². The Morgan fingerprint density at radius 1 is 1.57 bits per heavy atom. The fourth-order valence-corrected chi connectivity index (χ4v) is 2.13. The van der Waals surface area contributed by atoms with Crippen LogP contribution in [0.15, 0.2) is 0 Å². The molecular weight excluding hydrogens is 172 g/mol. The van der Waals surface area contributed by atoms with Crippen LogP contribution in [0.3, 0.4) is 0 Å². The quantitative estimate of drug-likeness (QED) is 0.664. The number of rotatable bonds is 5. The molecule has 0 radical (unpaired) electrons. The minimum Gasteiger partial charge on any atom is -0.316 e. The first-order chi connectivity index (χ1) is 6.86. The zero-order valence-electron chi connectivity index (χ0n) is 9.26. The number of piperidine rings is 1. The number of hydrogen-bond donors (Lipinski definition) is 1. The summed E-state index contributed by atoms with van der Waals surface area (Å²) in [7, 11) is 0. The third-order valence-corrected chi connectivity index (χ3v) is 2.77. The third kappa shape index (κ3) is 4.13. The summed E-state index contributed by atoms with van der Waals surface area (Å²) in [5.41, 5.74) is 0. The number of hydrogen-bond acceptors (Lipinski definition) is 2. The SMILES string of the molecule is C#CCN(CCC)CC1CCCNC1. The second-order valence-electron chi connectivity index (χ2n) is 4.15. The largest absolute Gasteiger partial charge is 0.316 e. The van der Waals surface area contributed by atoms with Crippen LogP contribution in [0.5, 0.6) is 0 Å². The van der Waals surface area contributed by atoms with Crippen LogP contribution in [0.4, 0.5) is 0 Å². The Morgan fingerprint density at radius 2 is 2.43 bits per heavy atom. The van der Waals surface area contributed by atoms with E-state index in [2.05, 4.69) is 23.1 Å². The fourth-order valence-electron chi connectivity index (χ4n) is 2.13. The van der Waals surface area contributed by atoms with Gasteiger partial charge in [0.2, 0.25) is 0 Å². The van der Waals surface area contributed by atoms with Gasteiger partial charge in [0.1, 0.15) is 0 Å². The molecule has 1 atom stereocenters. The highest BCUT2D eigenvalue weighted by molar-refractivity contribution is 4.89. The number of nitrogens with one attached hydrogen (secondary N) is 1. The van der Waals surface area contributed by atoms with Crippen molar-refractivity contribution in [3.8, 4) is 12.3 Å². The highest BCUT2D eigenvalue weighted by Crippen LogP contribution is 2.11. The van der Waals surface area contributed by atoms with E-state index in [-0.39, 0.29) is 0 Å². The van der Waals surface area contributed by atoms with E-state index < -0.39 is 0 Å². The van der Waals surface area contributed by atoms with Crippen LogP contribution in [0.1, 0.15) is 26.2 Å². The van der Waals surface area contributed by atoms with E-state index in [9.17, 15) is 0 Å². The van der Waals surface area contributed by atoms with Gasteiger partial charge in [-0.15, -0.1) is 6.42 Å². The van der Waals surface area contributed by atoms with Gasteiger partial charge in [-0.25, -0.2) is 0 Å². The molecule has 14 heavy (non-hydrogen) atoms. The average molecular weight is 194 g/mol. The van der Waals surface area contributed by atoms with Gasteiger partial charge in [0, 0.05) is 6.54 Å². The molecule has 0 aliphatic carbocycles. The molecule has 2 nitrogen and oxygen atoms in total. The van der Waals surface area contributed by atoms with Crippen molar-refractivity contribution in [3.05, 3.63) is 0 Å². The summed E-state index contributed by atoms with van der Waals surface area (Å²) in [6, 6.07) is 0. The minimum absolute atomic E-state index is 0.809.